The molecule has 38 heavy (non-hydrogen) atoms. The van der Waals surface area contributed by atoms with E-state index < -0.39 is 35.3 Å². The summed E-state index contributed by atoms with van der Waals surface area (Å²) in [6.07, 6.45) is 1.11. The lowest BCUT2D eigenvalue weighted by atomic mass is 10.1. The molecule has 11 heteroatoms. The van der Waals surface area contributed by atoms with Crippen LogP contribution in [-0.2, 0) is 16.2 Å². The molecule has 9 nitrogen and oxygen atoms in total. The minimum Gasteiger partial charge on any atom is -0.485 e. The Hall–Kier alpha value is -3.73. The molecular weight excluding hydrogens is 498 g/mol. The third kappa shape index (κ3) is 7.18. The van der Waals surface area contributed by atoms with Gasteiger partial charge in [-0.3, -0.25) is 14.0 Å². The number of carbonyl (C=O) groups excluding carboxylic acids is 2. The van der Waals surface area contributed by atoms with Gasteiger partial charge in [0.05, 0.1) is 23.9 Å². The van der Waals surface area contributed by atoms with E-state index in [2.05, 4.69) is 15.8 Å². The number of carbonyl (C=O) groups is 2. The highest BCUT2D eigenvalue weighted by molar-refractivity contribution is 5.94. The largest absolute Gasteiger partial charge is 0.485 e. The Bertz CT molecular complexity index is 1300. The van der Waals surface area contributed by atoms with Gasteiger partial charge in [-0.1, -0.05) is 19.9 Å². The number of nitrogens with one attached hydrogen (secondary N) is 2. The predicted octanol–water partition coefficient (Wildman–Crippen LogP) is 5.02. The Morgan fingerprint density at radius 1 is 1.13 bits per heavy atom. The van der Waals surface area contributed by atoms with Gasteiger partial charge in [0.25, 0.3) is 5.91 Å². The van der Waals surface area contributed by atoms with Gasteiger partial charge in [-0.25, -0.2) is 24.0 Å². The van der Waals surface area contributed by atoms with Gasteiger partial charge in [0.15, 0.2) is 11.4 Å². The van der Waals surface area contributed by atoms with Gasteiger partial charge >= 0.3 is 6.09 Å². The smallest absolute Gasteiger partial charge is 0.407 e. The van der Waals surface area contributed by atoms with Gasteiger partial charge < -0.3 is 14.8 Å². The monoisotopic (exact) mass is 532 g/mol. The lowest BCUT2D eigenvalue weighted by molar-refractivity contribution is 0.0111. The average molecular weight is 533 g/mol. The number of hydroxylamine groups is 1. The Kier molecular flexibility index (Phi) is 8.93. The van der Waals surface area contributed by atoms with Crippen LogP contribution in [0.1, 0.15) is 61.9 Å². The molecule has 1 atom stereocenters. The first kappa shape index (κ1) is 28.8. The van der Waals surface area contributed by atoms with Crippen molar-refractivity contribution < 1.29 is 32.7 Å². The van der Waals surface area contributed by atoms with E-state index in [1.807, 2.05) is 13.8 Å². The van der Waals surface area contributed by atoms with Crippen molar-refractivity contribution in [1.82, 2.24) is 20.2 Å². The number of nitrogens with zero attached hydrogens (tertiary/aromatic N) is 2. The number of imidazole rings is 1. The molecule has 0 saturated carbocycles. The van der Waals surface area contributed by atoms with Gasteiger partial charge in [-0.15, -0.1) is 0 Å². The van der Waals surface area contributed by atoms with Gasteiger partial charge in [-0.2, -0.15) is 0 Å². The Balaban J connectivity index is 1.73. The van der Waals surface area contributed by atoms with Crippen molar-refractivity contribution >= 4 is 17.6 Å². The molecule has 3 rings (SSSR count). The molecule has 206 valence electrons. The maximum absolute atomic E-state index is 14.0. The number of halogens is 2. The predicted molar refractivity (Wildman–Crippen MR) is 137 cm³/mol. The fraction of sp³-hybridized carbons (Fsp3) is 0.444. The highest BCUT2D eigenvalue weighted by Crippen LogP contribution is 2.26. The molecule has 2 amide bonds. The van der Waals surface area contributed by atoms with E-state index in [1.54, 1.807) is 46.9 Å². The van der Waals surface area contributed by atoms with Crippen molar-refractivity contribution in [2.75, 3.05) is 6.61 Å². The number of amides is 2. The summed E-state index contributed by atoms with van der Waals surface area (Å²) in [4.78, 5) is 35.1. The number of hydrogen-bond acceptors (Lipinski definition) is 6. The molecule has 0 aliphatic rings. The quantitative estimate of drug-likeness (QED) is 0.375. The van der Waals surface area contributed by atoms with Crippen molar-refractivity contribution in [3.63, 3.8) is 0 Å². The van der Waals surface area contributed by atoms with E-state index >= 15 is 0 Å². The fourth-order valence-electron chi connectivity index (χ4n) is 3.66. The van der Waals surface area contributed by atoms with Gasteiger partial charge in [0.2, 0.25) is 0 Å². The summed E-state index contributed by atoms with van der Waals surface area (Å²) >= 11 is 0. The van der Waals surface area contributed by atoms with Crippen LogP contribution in [0.5, 0.6) is 5.75 Å². The highest BCUT2D eigenvalue weighted by atomic mass is 19.1. The van der Waals surface area contributed by atoms with E-state index in [9.17, 15) is 18.4 Å². The van der Waals surface area contributed by atoms with Crippen LogP contribution in [0.3, 0.4) is 0 Å². The molecule has 0 fully saturated rings. The molecule has 2 heterocycles. The maximum atomic E-state index is 14.0. The van der Waals surface area contributed by atoms with E-state index in [0.29, 0.717) is 11.3 Å². The lowest BCUT2D eigenvalue weighted by Gasteiger charge is -2.25. The third-order valence-electron chi connectivity index (χ3n) is 5.58. The van der Waals surface area contributed by atoms with Crippen molar-refractivity contribution in [1.29, 1.82) is 0 Å². The van der Waals surface area contributed by atoms with Gasteiger partial charge in [0.1, 0.15) is 29.5 Å². The SMILES string of the molecule is Cc1cc(OCc2c(F)cccc2F)c2nc(C)c(C(=O)NOCC(NC(=O)OC(C)(C)C)C(C)C)n2c1. The topological polar surface area (TPSA) is 103 Å². The maximum Gasteiger partial charge on any atom is 0.407 e. The number of fused-ring (bicyclic) bond motifs is 1. The van der Waals surface area contributed by atoms with Gasteiger partial charge in [-0.05, 0) is 64.3 Å². The van der Waals surface area contributed by atoms with Crippen LogP contribution in [-0.4, -0.2) is 39.6 Å². The minimum atomic E-state index is -0.716. The zero-order valence-corrected chi connectivity index (χ0v) is 22.6. The number of rotatable bonds is 9. The second-order valence-electron chi connectivity index (χ2n) is 10.3. The third-order valence-corrected chi connectivity index (χ3v) is 5.58. The van der Waals surface area contributed by atoms with Crippen LogP contribution in [0.15, 0.2) is 30.5 Å². The van der Waals surface area contributed by atoms with Crippen molar-refractivity contribution in [3.05, 3.63) is 64.6 Å². The van der Waals surface area contributed by atoms with E-state index in [1.165, 1.54) is 10.5 Å². The molecule has 3 aromatic rings. The Labute approximate surface area is 220 Å². The normalized spacial score (nSPS) is 12.5. The first-order valence-corrected chi connectivity index (χ1v) is 12.2. The van der Waals surface area contributed by atoms with E-state index in [0.717, 1.165) is 17.7 Å². The van der Waals surface area contributed by atoms with Crippen molar-refractivity contribution in [2.24, 2.45) is 5.92 Å². The molecule has 0 saturated heterocycles. The van der Waals surface area contributed by atoms with E-state index in [-0.39, 0.29) is 36.1 Å². The Morgan fingerprint density at radius 3 is 2.39 bits per heavy atom. The number of hydrogen-bond donors (Lipinski definition) is 2. The summed E-state index contributed by atoms with van der Waals surface area (Å²) in [6, 6.07) is 4.84. The molecule has 0 aliphatic carbocycles. The zero-order chi connectivity index (χ0) is 28.2. The second kappa shape index (κ2) is 11.8. The average Bonchev–Trinajstić information content (AvgIpc) is 3.12. The first-order chi connectivity index (χ1) is 17.8. The van der Waals surface area contributed by atoms with Crippen LogP contribution < -0.4 is 15.5 Å². The highest BCUT2D eigenvalue weighted by Gasteiger charge is 2.24. The summed E-state index contributed by atoms with van der Waals surface area (Å²) in [5.74, 6) is -1.74. The molecule has 2 aromatic heterocycles. The standard InChI is InChI=1S/C27H34F2N4O5/c1-15(2)21(31-26(35)38-27(5,6)7)14-37-32-25(34)23-17(4)30-24-22(11-16(3)12-33(23)24)36-13-18-19(28)9-8-10-20(18)29/h8-12,15,21H,13-14H2,1-7H3,(H,31,35)(H,32,34). The lowest BCUT2D eigenvalue weighted by Crippen LogP contribution is -2.45. The van der Waals surface area contributed by atoms with Crippen LogP contribution in [0.25, 0.3) is 5.65 Å². The number of aromatic nitrogens is 2. The summed E-state index contributed by atoms with van der Waals surface area (Å²) < 4.78 is 40.7. The van der Waals surface area contributed by atoms with Gasteiger partial charge in [0, 0.05) is 6.20 Å². The first-order valence-electron chi connectivity index (χ1n) is 12.2. The van der Waals surface area contributed by atoms with Crippen LogP contribution in [0.4, 0.5) is 13.6 Å². The number of pyridine rings is 1. The molecule has 0 radical (unpaired) electrons. The number of aryl methyl sites for hydroxylation is 2. The molecule has 0 aliphatic heterocycles. The van der Waals surface area contributed by atoms with Crippen molar-refractivity contribution in [2.45, 2.75) is 66.7 Å². The molecule has 1 aromatic carbocycles. The van der Waals surface area contributed by atoms with Crippen LogP contribution in [0.2, 0.25) is 0 Å². The Morgan fingerprint density at radius 2 is 1.79 bits per heavy atom. The molecule has 0 bridgehead atoms. The molecule has 0 spiro atoms. The second-order valence-corrected chi connectivity index (χ2v) is 10.3. The number of benzene rings is 1. The zero-order valence-electron chi connectivity index (χ0n) is 22.6. The van der Waals surface area contributed by atoms with Crippen LogP contribution in [0, 0.1) is 31.4 Å². The fourth-order valence-corrected chi connectivity index (χ4v) is 3.66. The number of ether oxygens (including phenoxy) is 2. The molecular formula is C27H34F2N4O5. The van der Waals surface area contributed by atoms with Crippen LogP contribution >= 0.6 is 0 Å². The number of alkyl carbamates (subject to hydrolysis) is 1. The molecule has 1 unspecified atom stereocenters. The summed E-state index contributed by atoms with van der Waals surface area (Å²) in [7, 11) is 0. The summed E-state index contributed by atoms with van der Waals surface area (Å²) in [5, 5.41) is 2.75. The summed E-state index contributed by atoms with van der Waals surface area (Å²) in [5.41, 5.74) is 3.18. The van der Waals surface area contributed by atoms with E-state index in [4.69, 9.17) is 14.3 Å². The minimum absolute atomic E-state index is 0.0000260. The molecule has 2 N–H and O–H groups in total. The summed E-state index contributed by atoms with van der Waals surface area (Å²) in [6.45, 7) is 12.2. The van der Waals surface area contributed by atoms with Crippen molar-refractivity contribution in [3.8, 4) is 5.75 Å².